The van der Waals surface area contributed by atoms with Crippen molar-refractivity contribution >= 4 is 5.69 Å². The Kier molecular flexibility index (Phi) is 4.11. The predicted octanol–water partition coefficient (Wildman–Crippen LogP) is 4.89. The topological polar surface area (TPSA) is 32.3 Å². The smallest absolute Gasteiger partial charge is 0.416 e. The molecule has 0 saturated carbocycles. The van der Waals surface area contributed by atoms with Crippen LogP contribution in [0.5, 0.6) is 5.75 Å². The van der Waals surface area contributed by atoms with Gasteiger partial charge in [0.2, 0.25) is 0 Å². The zero-order valence-corrected chi connectivity index (χ0v) is 11.7. The molecule has 0 aromatic heterocycles. The number of benzene rings is 2. The Balaban J connectivity index is 2.13. The highest BCUT2D eigenvalue weighted by molar-refractivity contribution is 5.52. The molecule has 0 fully saturated rings. The Morgan fingerprint density at radius 2 is 1.67 bits per heavy atom. The molecule has 2 nitrogen and oxygen atoms in total. The zero-order chi connectivity index (χ0) is 15.6. The zero-order valence-electron chi connectivity index (χ0n) is 11.7. The van der Waals surface area contributed by atoms with E-state index in [1.165, 1.54) is 12.1 Å². The molecule has 2 aromatic carbocycles. The standard InChI is InChI=1S/C16H16F3NO/c1-10-3-8-14(9-15(10)21)20-11(2)12-4-6-13(7-5-12)16(17,18)19/h3-9,11,20-21H,1-2H3. The number of aryl methyl sites for hydroxylation is 1. The molecule has 21 heavy (non-hydrogen) atoms. The molecule has 112 valence electrons. The van der Waals surface area contributed by atoms with Gasteiger partial charge in [-0.05, 0) is 43.2 Å². The summed E-state index contributed by atoms with van der Waals surface area (Å²) >= 11 is 0. The summed E-state index contributed by atoms with van der Waals surface area (Å²) < 4.78 is 37.5. The third kappa shape index (κ3) is 3.68. The van der Waals surface area contributed by atoms with Gasteiger partial charge in [0.05, 0.1) is 5.56 Å². The van der Waals surface area contributed by atoms with Gasteiger partial charge < -0.3 is 10.4 Å². The van der Waals surface area contributed by atoms with Gasteiger partial charge in [0, 0.05) is 17.8 Å². The SMILES string of the molecule is Cc1ccc(NC(C)c2ccc(C(F)(F)F)cc2)cc1O. The number of phenols is 1. The molecule has 0 heterocycles. The Morgan fingerprint density at radius 3 is 2.19 bits per heavy atom. The van der Waals surface area contributed by atoms with Gasteiger partial charge in [0.25, 0.3) is 0 Å². The fraction of sp³-hybridized carbons (Fsp3) is 0.250. The number of nitrogens with one attached hydrogen (secondary N) is 1. The molecule has 0 aliphatic heterocycles. The van der Waals surface area contributed by atoms with E-state index >= 15 is 0 Å². The molecule has 2 rings (SSSR count). The van der Waals surface area contributed by atoms with Gasteiger partial charge in [0.15, 0.2) is 0 Å². The quantitative estimate of drug-likeness (QED) is 0.844. The molecule has 1 atom stereocenters. The first-order valence-corrected chi connectivity index (χ1v) is 6.50. The second-order valence-corrected chi connectivity index (χ2v) is 4.99. The number of hydrogen-bond donors (Lipinski definition) is 2. The highest BCUT2D eigenvalue weighted by atomic mass is 19.4. The second-order valence-electron chi connectivity index (χ2n) is 4.99. The molecule has 0 radical (unpaired) electrons. The lowest BCUT2D eigenvalue weighted by atomic mass is 10.1. The Labute approximate surface area is 121 Å². The van der Waals surface area contributed by atoms with Crippen LogP contribution in [0.3, 0.4) is 0 Å². The van der Waals surface area contributed by atoms with E-state index in [-0.39, 0.29) is 11.8 Å². The lowest BCUT2D eigenvalue weighted by Gasteiger charge is -2.17. The molecule has 0 saturated heterocycles. The van der Waals surface area contributed by atoms with Crippen molar-refractivity contribution in [3.05, 3.63) is 59.2 Å². The third-order valence-electron chi connectivity index (χ3n) is 3.33. The molecule has 0 aliphatic rings. The number of phenolic OH excluding ortho intramolecular Hbond substituents is 1. The number of aromatic hydroxyl groups is 1. The van der Waals surface area contributed by atoms with E-state index in [1.54, 1.807) is 19.1 Å². The maximum atomic E-state index is 12.5. The van der Waals surface area contributed by atoms with Crippen LogP contribution in [0.1, 0.15) is 29.7 Å². The minimum Gasteiger partial charge on any atom is -0.508 e. The van der Waals surface area contributed by atoms with Crippen molar-refractivity contribution in [3.8, 4) is 5.75 Å². The van der Waals surface area contributed by atoms with E-state index in [9.17, 15) is 18.3 Å². The van der Waals surface area contributed by atoms with E-state index in [2.05, 4.69) is 5.32 Å². The minimum absolute atomic E-state index is 0.172. The van der Waals surface area contributed by atoms with Gasteiger partial charge >= 0.3 is 6.18 Å². The van der Waals surface area contributed by atoms with Gasteiger partial charge in [-0.3, -0.25) is 0 Å². The van der Waals surface area contributed by atoms with Gasteiger partial charge in [0.1, 0.15) is 5.75 Å². The van der Waals surface area contributed by atoms with Crippen molar-refractivity contribution in [2.45, 2.75) is 26.1 Å². The van der Waals surface area contributed by atoms with E-state index in [4.69, 9.17) is 0 Å². The van der Waals surface area contributed by atoms with E-state index in [0.29, 0.717) is 5.69 Å². The van der Waals surface area contributed by atoms with Crippen LogP contribution >= 0.6 is 0 Å². The lowest BCUT2D eigenvalue weighted by molar-refractivity contribution is -0.137. The van der Waals surface area contributed by atoms with E-state index < -0.39 is 11.7 Å². The number of hydrogen-bond acceptors (Lipinski definition) is 2. The van der Waals surface area contributed by atoms with Crippen molar-refractivity contribution < 1.29 is 18.3 Å². The summed E-state index contributed by atoms with van der Waals surface area (Å²) in [6.45, 7) is 3.64. The number of rotatable bonds is 3. The lowest BCUT2D eigenvalue weighted by Crippen LogP contribution is -2.08. The molecule has 1 unspecified atom stereocenters. The van der Waals surface area contributed by atoms with Crippen LogP contribution in [0.4, 0.5) is 18.9 Å². The van der Waals surface area contributed by atoms with Crippen LogP contribution in [-0.4, -0.2) is 5.11 Å². The van der Waals surface area contributed by atoms with E-state index in [0.717, 1.165) is 23.3 Å². The summed E-state index contributed by atoms with van der Waals surface area (Å²) in [4.78, 5) is 0. The highest BCUT2D eigenvalue weighted by Gasteiger charge is 2.30. The normalized spacial score (nSPS) is 13.0. The van der Waals surface area contributed by atoms with Crippen molar-refractivity contribution in [1.82, 2.24) is 0 Å². The summed E-state index contributed by atoms with van der Waals surface area (Å²) in [5, 5.41) is 12.8. The summed E-state index contributed by atoms with van der Waals surface area (Å²) in [5.74, 6) is 0.180. The molecule has 0 bridgehead atoms. The van der Waals surface area contributed by atoms with Gasteiger partial charge in [-0.1, -0.05) is 18.2 Å². The average Bonchev–Trinajstić information content (AvgIpc) is 2.42. The Bertz CT molecular complexity index is 620. The summed E-state index contributed by atoms with van der Waals surface area (Å²) in [7, 11) is 0. The Hall–Kier alpha value is -2.17. The fourth-order valence-corrected chi connectivity index (χ4v) is 1.99. The second kappa shape index (κ2) is 5.68. The van der Waals surface area contributed by atoms with Gasteiger partial charge in [-0.2, -0.15) is 13.2 Å². The maximum absolute atomic E-state index is 12.5. The van der Waals surface area contributed by atoms with Gasteiger partial charge in [-0.25, -0.2) is 0 Å². The largest absolute Gasteiger partial charge is 0.508 e. The molecule has 0 spiro atoms. The molecule has 0 aliphatic carbocycles. The average molecular weight is 295 g/mol. The maximum Gasteiger partial charge on any atom is 0.416 e. The monoisotopic (exact) mass is 295 g/mol. The van der Waals surface area contributed by atoms with Crippen LogP contribution in [0.2, 0.25) is 0 Å². The van der Waals surface area contributed by atoms with Crippen LogP contribution in [0.25, 0.3) is 0 Å². The molecular weight excluding hydrogens is 279 g/mol. The first kappa shape index (κ1) is 15.2. The van der Waals surface area contributed by atoms with Crippen molar-refractivity contribution in [2.75, 3.05) is 5.32 Å². The first-order chi connectivity index (χ1) is 9.77. The van der Waals surface area contributed by atoms with Gasteiger partial charge in [-0.15, -0.1) is 0 Å². The van der Waals surface area contributed by atoms with Crippen LogP contribution in [0, 0.1) is 6.92 Å². The van der Waals surface area contributed by atoms with Crippen molar-refractivity contribution in [2.24, 2.45) is 0 Å². The third-order valence-corrected chi connectivity index (χ3v) is 3.33. The predicted molar refractivity (Wildman–Crippen MR) is 76.3 cm³/mol. The first-order valence-electron chi connectivity index (χ1n) is 6.50. The molecule has 2 N–H and O–H groups in total. The van der Waals surface area contributed by atoms with Crippen LogP contribution in [0.15, 0.2) is 42.5 Å². The Morgan fingerprint density at radius 1 is 1.05 bits per heavy atom. The number of alkyl halides is 3. The summed E-state index contributed by atoms with van der Waals surface area (Å²) in [5.41, 5.74) is 1.56. The highest BCUT2D eigenvalue weighted by Crippen LogP contribution is 2.30. The molecule has 0 amide bonds. The number of anilines is 1. The molecular formula is C16H16F3NO. The fourth-order valence-electron chi connectivity index (χ4n) is 1.99. The van der Waals surface area contributed by atoms with Crippen molar-refractivity contribution in [3.63, 3.8) is 0 Å². The van der Waals surface area contributed by atoms with Crippen LogP contribution < -0.4 is 5.32 Å². The summed E-state index contributed by atoms with van der Waals surface area (Å²) in [6.07, 6.45) is -4.32. The van der Waals surface area contributed by atoms with E-state index in [1.807, 2.05) is 13.0 Å². The number of halogens is 3. The van der Waals surface area contributed by atoms with Crippen LogP contribution in [-0.2, 0) is 6.18 Å². The summed E-state index contributed by atoms with van der Waals surface area (Å²) in [6, 6.07) is 10.1. The minimum atomic E-state index is -4.32. The molecule has 5 heteroatoms. The molecule has 2 aromatic rings. The van der Waals surface area contributed by atoms with Crippen molar-refractivity contribution in [1.29, 1.82) is 0 Å².